The predicted octanol–water partition coefficient (Wildman–Crippen LogP) is 3.03. The molecule has 0 aliphatic carbocycles. The monoisotopic (exact) mass is 319 g/mol. The van der Waals surface area contributed by atoms with Crippen LogP contribution in [-0.4, -0.2) is 34.1 Å². The number of hydrogen-bond acceptors (Lipinski definition) is 5. The van der Waals surface area contributed by atoms with Crippen LogP contribution in [0.5, 0.6) is 0 Å². The van der Waals surface area contributed by atoms with Crippen molar-refractivity contribution in [3.8, 4) is 0 Å². The van der Waals surface area contributed by atoms with Gasteiger partial charge in [-0.15, -0.1) is 21.5 Å². The van der Waals surface area contributed by atoms with Gasteiger partial charge in [-0.2, -0.15) is 0 Å². The van der Waals surface area contributed by atoms with Crippen molar-refractivity contribution in [2.24, 2.45) is 11.8 Å². The Kier molecular flexibility index (Phi) is 4.57. The lowest BCUT2D eigenvalue weighted by Crippen LogP contribution is -2.28. The summed E-state index contributed by atoms with van der Waals surface area (Å²) in [6.45, 7) is 5.86. The van der Waals surface area contributed by atoms with E-state index < -0.39 is 0 Å². The molecule has 3 heterocycles. The highest BCUT2D eigenvalue weighted by Crippen LogP contribution is 2.23. The second-order valence-corrected chi connectivity index (χ2v) is 7.22. The van der Waals surface area contributed by atoms with Gasteiger partial charge in [0, 0.05) is 25.9 Å². The van der Waals surface area contributed by atoms with Crippen LogP contribution in [0.2, 0.25) is 0 Å². The van der Waals surface area contributed by atoms with Crippen LogP contribution >= 0.6 is 11.3 Å². The van der Waals surface area contributed by atoms with Crippen molar-refractivity contribution in [2.45, 2.75) is 33.1 Å². The van der Waals surface area contributed by atoms with Gasteiger partial charge in [0.1, 0.15) is 0 Å². The molecule has 0 aromatic carbocycles. The van der Waals surface area contributed by atoms with Crippen molar-refractivity contribution < 1.29 is 9.21 Å². The molecule has 1 saturated heterocycles. The molecular formula is C16H21N3O2S. The largest absolute Gasteiger partial charge is 0.425 e. The molecule has 0 radical (unpaired) electrons. The van der Waals surface area contributed by atoms with Crippen LogP contribution in [0.3, 0.4) is 0 Å². The summed E-state index contributed by atoms with van der Waals surface area (Å²) >= 11 is 1.50. The summed E-state index contributed by atoms with van der Waals surface area (Å²) in [7, 11) is 0. The number of carbonyl (C=O) groups excluding carboxylic acids is 1. The summed E-state index contributed by atoms with van der Waals surface area (Å²) in [6, 6.07) is 3.80. The molecule has 22 heavy (non-hydrogen) atoms. The number of nitrogens with zero attached hydrogens (tertiary/aromatic N) is 3. The molecule has 3 rings (SSSR count). The lowest BCUT2D eigenvalue weighted by Gasteiger charge is -2.14. The van der Waals surface area contributed by atoms with Crippen LogP contribution in [0.15, 0.2) is 21.9 Å². The fourth-order valence-electron chi connectivity index (χ4n) is 2.79. The van der Waals surface area contributed by atoms with E-state index in [0.717, 1.165) is 43.1 Å². The van der Waals surface area contributed by atoms with Gasteiger partial charge in [-0.3, -0.25) is 4.79 Å². The van der Waals surface area contributed by atoms with E-state index in [-0.39, 0.29) is 5.91 Å². The average Bonchev–Trinajstić information content (AvgIpc) is 3.19. The van der Waals surface area contributed by atoms with Crippen LogP contribution in [0.4, 0.5) is 0 Å². The summed E-state index contributed by atoms with van der Waals surface area (Å²) in [5.74, 6) is 2.49. The molecule has 2 aromatic heterocycles. The molecule has 0 spiro atoms. The molecule has 1 atom stereocenters. The smallest absolute Gasteiger partial charge is 0.263 e. The second kappa shape index (κ2) is 6.60. The van der Waals surface area contributed by atoms with Gasteiger partial charge in [0.25, 0.3) is 5.91 Å². The molecule has 5 nitrogen and oxygen atoms in total. The minimum Gasteiger partial charge on any atom is -0.425 e. The third-order valence-electron chi connectivity index (χ3n) is 3.86. The van der Waals surface area contributed by atoms with Crippen molar-refractivity contribution in [3.63, 3.8) is 0 Å². The van der Waals surface area contributed by atoms with E-state index in [1.54, 1.807) is 0 Å². The Bertz CT molecular complexity index is 621. The van der Waals surface area contributed by atoms with Crippen LogP contribution in [0.25, 0.3) is 0 Å². The number of carbonyl (C=O) groups is 1. The molecule has 6 heteroatoms. The van der Waals surface area contributed by atoms with E-state index in [1.165, 1.54) is 11.3 Å². The molecule has 0 saturated carbocycles. The van der Waals surface area contributed by atoms with Crippen LogP contribution in [0, 0.1) is 11.8 Å². The number of rotatable bonds is 5. The summed E-state index contributed by atoms with van der Waals surface area (Å²) in [5, 5.41) is 10.2. The van der Waals surface area contributed by atoms with Gasteiger partial charge in [0.2, 0.25) is 11.8 Å². The maximum absolute atomic E-state index is 12.3. The fourth-order valence-corrected chi connectivity index (χ4v) is 3.48. The van der Waals surface area contributed by atoms with E-state index in [4.69, 9.17) is 4.42 Å². The van der Waals surface area contributed by atoms with E-state index >= 15 is 0 Å². The first-order valence-electron chi connectivity index (χ1n) is 7.76. The Balaban J connectivity index is 1.54. The maximum Gasteiger partial charge on any atom is 0.263 e. The minimum atomic E-state index is 0.142. The zero-order valence-electron chi connectivity index (χ0n) is 13.0. The SMILES string of the molecule is CC(C)Cc1nnc(CC2CCN(C(=O)c3cccs3)C2)o1. The minimum absolute atomic E-state index is 0.142. The number of likely N-dealkylation sites (tertiary alicyclic amines) is 1. The third-order valence-corrected chi connectivity index (χ3v) is 4.72. The number of aromatic nitrogens is 2. The highest BCUT2D eigenvalue weighted by molar-refractivity contribution is 7.12. The topological polar surface area (TPSA) is 59.2 Å². The molecule has 2 aromatic rings. The predicted molar refractivity (Wildman–Crippen MR) is 84.9 cm³/mol. The Morgan fingerprint density at radius 3 is 3.00 bits per heavy atom. The van der Waals surface area contributed by atoms with Crippen LogP contribution in [-0.2, 0) is 12.8 Å². The zero-order chi connectivity index (χ0) is 15.5. The van der Waals surface area contributed by atoms with Crippen molar-refractivity contribution >= 4 is 17.2 Å². The van der Waals surface area contributed by atoms with E-state index in [9.17, 15) is 4.79 Å². The number of hydrogen-bond donors (Lipinski definition) is 0. The Morgan fingerprint density at radius 1 is 1.45 bits per heavy atom. The van der Waals surface area contributed by atoms with E-state index in [0.29, 0.717) is 17.7 Å². The lowest BCUT2D eigenvalue weighted by atomic mass is 10.1. The number of amides is 1. The van der Waals surface area contributed by atoms with Gasteiger partial charge in [-0.05, 0) is 29.7 Å². The maximum atomic E-state index is 12.3. The molecular weight excluding hydrogens is 298 g/mol. The van der Waals surface area contributed by atoms with E-state index in [1.807, 2.05) is 22.4 Å². The average molecular weight is 319 g/mol. The summed E-state index contributed by atoms with van der Waals surface area (Å²) in [6.07, 6.45) is 2.58. The second-order valence-electron chi connectivity index (χ2n) is 6.27. The fraction of sp³-hybridized carbons (Fsp3) is 0.562. The molecule has 1 aliphatic rings. The van der Waals surface area contributed by atoms with Crippen molar-refractivity contribution in [3.05, 3.63) is 34.2 Å². The molecule has 1 unspecified atom stereocenters. The molecule has 1 fully saturated rings. The quantitative estimate of drug-likeness (QED) is 0.850. The van der Waals surface area contributed by atoms with Crippen molar-refractivity contribution in [1.29, 1.82) is 0 Å². The molecule has 0 N–H and O–H groups in total. The summed E-state index contributed by atoms with van der Waals surface area (Å²) in [5.41, 5.74) is 0. The lowest BCUT2D eigenvalue weighted by molar-refractivity contribution is 0.0791. The summed E-state index contributed by atoms with van der Waals surface area (Å²) in [4.78, 5) is 15.1. The van der Waals surface area contributed by atoms with E-state index in [2.05, 4.69) is 24.0 Å². The molecule has 118 valence electrons. The highest BCUT2D eigenvalue weighted by atomic mass is 32.1. The van der Waals surface area contributed by atoms with Gasteiger partial charge < -0.3 is 9.32 Å². The van der Waals surface area contributed by atoms with Crippen molar-refractivity contribution in [1.82, 2.24) is 15.1 Å². The normalized spacial score (nSPS) is 18.3. The first kappa shape index (κ1) is 15.2. The van der Waals surface area contributed by atoms with Gasteiger partial charge in [0.05, 0.1) is 4.88 Å². The van der Waals surface area contributed by atoms with Gasteiger partial charge >= 0.3 is 0 Å². The van der Waals surface area contributed by atoms with Crippen LogP contribution < -0.4 is 0 Å². The highest BCUT2D eigenvalue weighted by Gasteiger charge is 2.28. The van der Waals surface area contributed by atoms with Gasteiger partial charge in [-0.1, -0.05) is 19.9 Å². The standard InChI is InChI=1S/C16H21N3O2S/c1-11(2)8-14-17-18-15(21-14)9-12-5-6-19(10-12)16(20)13-4-3-7-22-13/h3-4,7,11-12H,5-6,8-10H2,1-2H3. The number of thiophene rings is 1. The molecule has 1 amide bonds. The first-order chi connectivity index (χ1) is 10.6. The summed E-state index contributed by atoms with van der Waals surface area (Å²) < 4.78 is 5.70. The Hall–Kier alpha value is -1.69. The van der Waals surface area contributed by atoms with Crippen LogP contribution in [0.1, 0.15) is 41.7 Å². The van der Waals surface area contributed by atoms with Crippen molar-refractivity contribution in [2.75, 3.05) is 13.1 Å². The Morgan fingerprint density at radius 2 is 2.27 bits per heavy atom. The first-order valence-corrected chi connectivity index (χ1v) is 8.64. The zero-order valence-corrected chi connectivity index (χ0v) is 13.8. The molecule has 1 aliphatic heterocycles. The Labute approximate surface area is 134 Å². The molecule has 0 bridgehead atoms. The van der Waals surface area contributed by atoms with Gasteiger partial charge in [-0.25, -0.2) is 0 Å². The third kappa shape index (κ3) is 3.55. The van der Waals surface area contributed by atoms with Gasteiger partial charge in [0.15, 0.2) is 0 Å².